The quantitative estimate of drug-likeness (QED) is 0.761. The highest BCUT2D eigenvalue weighted by molar-refractivity contribution is 7.17. The van der Waals surface area contributed by atoms with Gasteiger partial charge >= 0.3 is 5.97 Å². The first-order chi connectivity index (χ1) is 8.08. The maximum absolute atomic E-state index is 11.4. The molecule has 0 aromatic carbocycles. The number of nitrogens with one attached hydrogen (secondary N) is 1. The van der Waals surface area contributed by atoms with E-state index in [-0.39, 0.29) is 24.5 Å². The van der Waals surface area contributed by atoms with Crippen LogP contribution in [0.3, 0.4) is 0 Å². The van der Waals surface area contributed by atoms with Crippen LogP contribution in [0.5, 0.6) is 0 Å². The molecule has 1 aromatic rings. The first-order valence-corrected chi connectivity index (χ1v) is 6.40. The molecule has 0 aliphatic carbocycles. The molecule has 5 nitrogen and oxygen atoms in total. The molecule has 0 fully saturated rings. The van der Waals surface area contributed by atoms with Crippen LogP contribution in [0.2, 0.25) is 0 Å². The van der Waals surface area contributed by atoms with E-state index in [9.17, 15) is 9.90 Å². The molecule has 96 valence electrons. The van der Waals surface area contributed by atoms with Gasteiger partial charge in [0.25, 0.3) is 0 Å². The van der Waals surface area contributed by atoms with Gasteiger partial charge in [-0.25, -0.2) is 9.78 Å². The van der Waals surface area contributed by atoms with E-state index in [1.54, 1.807) is 6.92 Å². The van der Waals surface area contributed by atoms with E-state index in [4.69, 9.17) is 4.74 Å². The first-order valence-electron chi connectivity index (χ1n) is 5.58. The lowest BCUT2D eigenvalue weighted by Gasteiger charge is -2.18. The van der Waals surface area contributed by atoms with Gasteiger partial charge < -0.3 is 15.2 Å². The molecule has 0 saturated heterocycles. The fraction of sp³-hybridized carbons (Fsp3) is 0.636. The third-order valence-electron chi connectivity index (χ3n) is 2.29. The number of aromatic nitrogens is 1. The van der Waals surface area contributed by atoms with Gasteiger partial charge in [0.15, 0.2) is 5.13 Å². The Hall–Kier alpha value is -1.14. The molecule has 0 amide bonds. The summed E-state index contributed by atoms with van der Waals surface area (Å²) in [5.74, 6) is -0.0712. The summed E-state index contributed by atoms with van der Waals surface area (Å²) in [5, 5.41) is 12.9. The molecule has 1 aromatic heterocycles. The van der Waals surface area contributed by atoms with Crippen LogP contribution in [0, 0.1) is 5.92 Å². The molecule has 0 saturated carbocycles. The predicted octanol–water partition coefficient (Wildman–Crippen LogP) is 1.75. The Bertz CT molecular complexity index is 365. The van der Waals surface area contributed by atoms with Crippen LogP contribution in [0.4, 0.5) is 5.13 Å². The van der Waals surface area contributed by atoms with Crippen LogP contribution in [0.25, 0.3) is 0 Å². The fourth-order valence-electron chi connectivity index (χ4n) is 1.22. The zero-order valence-corrected chi connectivity index (χ0v) is 11.1. The Balaban J connectivity index is 2.64. The molecule has 0 unspecified atom stereocenters. The number of thiazole rings is 1. The number of carbonyl (C=O) groups is 1. The van der Waals surface area contributed by atoms with Crippen molar-refractivity contribution < 1.29 is 14.6 Å². The van der Waals surface area contributed by atoms with Crippen molar-refractivity contribution in [3.05, 3.63) is 11.1 Å². The molecule has 0 bridgehead atoms. The normalized spacial score (nSPS) is 12.5. The van der Waals surface area contributed by atoms with Crippen molar-refractivity contribution in [3.8, 4) is 0 Å². The van der Waals surface area contributed by atoms with Crippen molar-refractivity contribution in [2.24, 2.45) is 5.92 Å². The highest BCUT2D eigenvalue weighted by Gasteiger charge is 2.16. The number of hydrogen-bond donors (Lipinski definition) is 2. The van der Waals surface area contributed by atoms with E-state index in [1.807, 2.05) is 13.8 Å². The number of hydrogen-bond acceptors (Lipinski definition) is 6. The number of rotatable bonds is 6. The van der Waals surface area contributed by atoms with Crippen molar-refractivity contribution in [1.82, 2.24) is 4.98 Å². The van der Waals surface area contributed by atoms with Gasteiger partial charge in [0.1, 0.15) is 4.88 Å². The number of nitrogens with zero attached hydrogens (tertiary/aromatic N) is 1. The highest BCUT2D eigenvalue weighted by Crippen LogP contribution is 2.21. The lowest BCUT2D eigenvalue weighted by Crippen LogP contribution is -2.29. The third-order valence-corrected chi connectivity index (χ3v) is 3.20. The summed E-state index contributed by atoms with van der Waals surface area (Å²) in [5.41, 5.74) is 0. The lowest BCUT2D eigenvalue weighted by molar-refractivity contribution is 0.0532. The van der Waals surface area contributed by atoms with Crippen LogP contribution in [-0.4, -0.2) is 35.3 Å². The van der Waals surface area contributed by atoms with Crippen LogP contribution in [-0.2, 0) is 4.74 Å². The van der Waals surface area contributed by atoms with Crippen LogP contribution < -0.4 is 5.32 Å². The SMILES string of the molecule is CCOC(=O)c1cnc(N[C@H](CO)C(C)C)s1. The number of carbonyl (C=O) groups excluding carboxylic acids is 1. The molecule has 0 aliphatic rings. The van der Waals surface area contributed by atoms with Crippen molar-refractivity contribution in [1.29, 1.82) is 0 Å². The first kappa shape index (κ1) is 13.9. The van der Waals surface area contributed by atoms with E-state index in [1.165, 1.54) is 17.5 Å². The van der Waals surface area contributed by atoms with E-state index in [0.717, 1.165) is 0 Å². The second-order valence-corrected chi connectivity index (χ2v) is 4.96. The minimum absolute atomic E-state index is 0.0337. The number of anilines is 1. The molecule has 6 heteroatoms. The van der Waals surface area contributed by atoms with E-state index in [0.29, 0.717) is 16.6 Å². The maximum atomic E-state index is 11.4. The summed E-state index contributed by atoms with van der Waals surface area (Å²) in [6.45, 7) is 6.16. The molecule has 0 radical (unpaired) electrons. The van der Waals surface area contributed by atoms with Crippen molar-refractivity contribution in [2.75, 3.05) is 18.5 Å². The number of aliphatic hydroxyl groups is 1. The average Bonchev–Trinajstić information content (AvgIpc) is 2.74. The second kappa shape index (κ2) is 6.56. The fourth-order valence-corrected chi connectivity index (χ4v) is 1.99. The third kappa shape index (κ3) is 3.98. The van der Waals surface area contributed by atoms with E-state index >= 15 is 0 Å². The highest BCUT2D eigenvalue weighted by atomic mass is 32.1. The van der Waals surface area contributed by atoms with Gasteiger partial charge in [-0.1, -0.05) is 25.2 Å². The van der Waals surface area contributed by atoms with Gasteiger partial charge in [-0.05, 0) is 12.8 Å². The molecule has 17 heavy (non-hydrogen) atoms. The summed E-state index contributed by atoms with van der Waals surface area (Å²) in [6.07, 6.45) is 1.49. The standard InChI is InChI=1S/C11H18N2O3S/c1-4-16-10(15)9-5-12-11(17-9)13-8(6-14)7(2)3/h5,7-8,14H,4,6H2,1-3H3,(H,12,13)/t8-/m1/s1. The van der Waals surface area contributed by atoms with Gasteiger partial charge in [0.05, 0.1) is 25.5 Å². The van der Waals surface area contributed by atoms with Crippen LogP contribution in [0.1, 0.15) is 30.4 Å². The molecular weight excluding hydrogens is 240 g/mol. The predicted molar refractivity (Wildman–Crippen MR) is 67.4 cm³/mol. The Morgan fingerprint density at radius 2 is 2.35 bits per heavy atom. The maximum Gasteiger partial charge on any atom is 0.350 e. The number of aliphatic hydroxyl groups excluding tert-OH is 1. The minimum Gasteiger partial charge on any atom is -0.462 e. The summed E-state index contributed by atoms with van der Waals surface area (Å²) in [4.78, 5) is 16.0. The monoisotopic (exact) mass is 258 g/mol. The molecule has 0 aliphatic heterocycles. The second-order valence-electron chi connectivity index (χ2n) is 3.93. The molecule has 1 heterocycles. The minimum atomic E-state index is -0.358. The molecule has 1 rings (SSSR count). The van der Waals surface area contributed by atoms with Crippen molar-refractivity contribution in [2.45, 2.75) is 26.8 Å². The van der Waals surface area contributed by atoms with Gasteiger partial charge in [0.2, 0.25) is 0 Å². The van der Waals surface area contributed by atoms with E-state index in [2.05, 4.69) is 10.3 Å². The summed E-state index contributed by atoms with van der Waals surface area (Å²) < 4.78 is 4.87. The van der Waals surface area contributed by atoms with Gasteiger partial charge in [-0.15, -0.1) is 0 Å². The topological polar surface area (TPSA) is 71.5 Å². The molecular formula is C11H18N2O3S. The summed E-state index contributed by atoms with van der Waals surface area (Å²) >= 11 is 1.23. The van der Waals surface area contributed by atoms with Crippen molar-refractivity contribution in [3.63, 3.8) is 0 Å². The lowest BCUT2D eigenvalue weighted by atomic mass is 10.1. The zero-order valence-electron chi connectivity index (χ0n) is 10.3. The molecule has 2 N–H and O–H groups in total. The zero-order chi connectivity index (χ0) is 12.8. The number of ether oxygens (including phenoxy) is 1. The molecule has 1 atom stereocenters. The van der Waals surface area contributed by atoms with Crippen LogP contribution >= 0.6 is 11.3 Å². The van der Waals surface area contributed by atoms with Gasteiger partial charge in [-0.3, -0.25) is 0 Å². The largest absolute Gasteiger partial charge is 0.462 e. The van der Waals surface area contributed by atoms with Gasteiger partial charge in [-0.2, -0.15) is 0 Å². The Kier molecular flexibility index (Phi) is 5.37. The summed E-state index contributed by atoms with van der Waals surface area (Å²) in [6, 6.07) is -0.0591. The Morgan fingerprint density at radius 3 is 2.88 bits per heavy atom. The Morgan fingerprint density at radius 1 is 1.65 bits per heavy atom. The Labute approximate surface area is 105 Å². The molecule has 0 spiro atoms. The van der Waals surface area contributed by atoms with Gasteiger partial charge in [0, 0.05) is 0 Å². The van der Waals surface area contributed by atoms with E-state index < -0.39 is 0 Å². The summed E-state index contributed by atoms with van der Waals surface area (Å²) in [7, 11) is 0. The average molecular weight is 258 g/mol. The van der Waals surface area contributed by atoms with Crippen LogP contribution in [0.15, 0.2) is 6.20 Å². The smallest absolute Gasteiger partial charge is 0.350 e. The van der Waals surface area contributed by atoms with Crippen molar-refractivity contribution >= 4 is 22.4 Å². The number of esters is 1.